The Kier molecular flexibility index (Phi) is 68.6. The molecule has 5 unspecified atom stereocenters. The van der Waals surface area contributed by atoms with Gasteiger partial charge < -0.3 is 33.8 Å². The van der Waals surface area contributed by atoms with Crippen molar-refractivity contribution in [3.8, 4) is 0 Å². The minimum Gasteiger partial charge on any atom is -0.462 e. The Morgan fingerprint density at radius 2 is 0.540 bits per heavy atom. The number of carbonyl (C=O) groups is 4. The molecule has 570 valence electrons. The van der Waals surface area contributed by atoms with Crippen molar-refractivity contribution in [2.45, 2.75) is 303 Å². The van der Waals surface area contributed by atoms with Crippen molar-refractivity contribution < 1.29 is 80.2 Å². The molecule has 0 saturated carbocycles. The average Bonchev–Trinajstić information content (AvgIpc) is 1.00. The summed E-state index contributed by atoms with van der Waals surface area (Å²) in [4.78, 5) is 72.8. The normalized spacial score (nSPS) is 14.8. The van der Waals surface area contributed by atoms with E-state index < -0.39 is 97.5 Å². The number of allylic oxidation sites excluding steroid dienone is 24. The van der Waals surface area contributed by atoms with Crippen LogP contribution in [0.25, 0.3) is 0 Å². The van der Waals surface area contributed by atoms with Gasteiger partial charge in [-0.15, -0.1) is 0 Å². The zero-order valence-electron chi connectivity index (χ0n) is 62.1. The maximum absolute atomic E-state index is 13.1. The molecule has 100 heavy (non-hydrogen) atoms. The van der Waals surface area contributed by atoms with Crippen LogP contribution >= 0.6 is 15.6 Å². The van der Waals surface area contributed by atoms with Gasteiger partial charge in [-0.2, -0.15) is 0 Å². The molecule has 5 atom stereocenters. The molecule has 0 aliphatic rings. The summed E-state index contributed by atoms with van der Waals surface area (Å²) in [6.07, 6.45) is 81.3. The fraction of sp³-hybridized carbons (Fsp3) is 0.654. The van der Waals surface area contributed by atoms with Gasteiger partial charge in [0.05, 0.1) is 26.4 Å². The van der Waals surface area contributed by atoms with Crippen LogP contribution in [0.5, 0.6) is 0 Å². The lowest BCUT2D eigenvalue weighted by Crippen LogP contribution is -2.30. The Labute approximate surface area is 605 Å². The van der Waals surface area contributed by atoms with E-state index in [1.807, 2.05) is 12.2 Å². The van der Waals surface area contributed by atoms with E-state index in [0.29, 0.717) is 32.1 Å². The number of esters is 4. The molecule has 19 heteroatoms. The molecule has 0 aromatic heterocycles. The molecule has 0 fully saturated rings. The van der Waals surface area contributed by atoms with E-state index in [1.54, 1.807) is 0 Å². The van der Waals surface area contributed by atoms with Gasteiger partial charge in [-0.1, -0.05) is 251 Å². The van der Waals surface area contributed by atoms with Crippen molar-refractivity contribution in [1.82, 2.24) is 0 Å². The molecule has 0 saturated heterocycles. The highest BCUT2D eigenvalue weighted by atomic mass is 31.2. The lowest BCUT2D eigenvalue weighted by atomic mass is 10.1. The van der Waals surface area contributed by atoms with Crippen LogP contribution < -0.4 is 0 Å². The molecular formula is C81H134O17P2. The number of phosphoric acid groups is 2. The first kappa shape index (κ1) is 94.9. The van der Waals surface area contributed by atoms with Crippen LogP contribution in [0.4, 0.5) is 0 Å². The summed E-state index contributed by atoms with van der Waals surface area (Å²) in [5.74, 6) is -2.30. The van der Waals surface area contributed by atoms with E-state index in [-0.39, 0.29) is 25.7 Å². The van der Waals surface area contributed by atoms with Crippen molar-refractivity contribution in [2.75, 3.05) is 39.6 Å². The SMILES string of the molecule is CC/C=C\C/C=C\C/C=C\C/C=C\C/C=C\CCCC(=O)OCC(COP(=O)(O)OCC(O)COP(=O)(O)OCC(COC(=O)CCCCCCC/C=C\C/C=C\CCCCC)OC(=O)CCCCCCC/C=C\CCCC)OC(=O)CCCCCC/C=C\C/C=C\C/C=C\C/C=C\CC. The van der Waals surface area contributed by atoms with Crippen LogP contribution in [0.1, 0.15) is 285 Å². The Morgan fingerprint density at radius 3 is 0.880 bits per heavy atom. The number of rotatable bonds is 70. The summed E-state index contributed by atoms with van der Waals surface area (Å²) in [6.45, 7) is 4.44. The predicted molar refractivity (Wildman–Crippen MR) is 408 cm³/mol. The van der Waals surface area contributed by atoms with E-state index in [1.165, 1.54) is 32.1 Å². The van der Waals surface area contributed by atoms with Crippen LogP contribution in [0, 0.1) is 0 Å². The number of hydrogen-bond donors (Lipinski definition) is 3. The minimum absolute atomic E-state index is 0.0497. The van der Waals surface area contributed by atoms with E-state index in [2.05, 4.69) is 161 Å². The van der Waals surface area contributed by atoms with Gasteiger partial charge in [0.1, 0.15) is 19.3 Å². The number of phosphoric ester groups is 2. The molecule has 0 aromatic carbocycles. The van der Waals surface area contributed by atoms with Gasteiger partial charge in [-0.05, 0) is 154 Å². The van der Waals surface area contributed by atoms with Gasteiger partial charge in [-0.25, -0.2) is 9.13 Å². The number of carbonyl (C=O) groups excluding carboxylic acids is 4. The van der Waals surface area contributed by atoms with Crippen LogP contribution in [0.15, 0.2) is 146 Å². The average molecular weight is 1440 g/mol. The zero-order chi connectivity index (χ0) is 73.2. The maximum atomic E-state index is 13.1. The molecule has 0 rings (SSSR count). The second-order valence-electron chi connectivity index (χ2n) is 24.8. The molecule has 0 aromatic rings. The first-order valence-corrected chi connectivity index (χ1v) is 41.1. The number of aliphatic hydroxyl groups is 1. The fourth-order valence-electron chi connectivity index (χ4n) is 9.49. The maximum Gasteiger partial charge on any atom is 0.472 e. The number of hydrogen-bond acceptors (Lipinski definition) is 15. The highest BCUT2D eigenvalue weighted by molar-refractivity contribution is 7.47. The first-order chi connectivity index (χ1) is 48.7. The molecule has 0 aliphatic carbocycles. The highest BCUT2D eigenvalue weighted by Crippen LogP contribution is 2.45. The van der Waals surface area contributed by atoms with E-state index in [0.717, 1.165) is 167 Å². The van der Waals surface area contributed by atoms with Gasteiger partial charge in [0.2, 0.25) is 0 Å². The molecule has 3 N–H and O–H groups in total. The van der Waals surface area contributed by atoms with E-state index in [9.17, 15) is 43.2 Å². The molecule has 0 bridgehead atoms. The predicted octanol–water partition coefficient (Wildman–Crippen LogP) is 21.9. The summed E-state index contributed by atoms with van der Waals surface area (Å²) in [6, 6.07) is 0. The quantitative estimate of drug-likeness (QED) is 0.0169. The lowest BCUT2D eigenvalue weighted by molar-refractivity contribution is -0.161. The topological polar surface area (TPSA) is 237 Å². The molecule has 0 radical (unpaired) electrons. The molecule has 17 nitrogen and oxygen atoms in total. The summed E-state index contributed by atoms with van der Waals surface area (Å²) in [5.41, 5.74) is 0. The van der Waals surface area contributed by atoms with E-state index >= 15 is 0 Å². The zero-order valence-corrected chi connectivity index (χ0v) is 63.9. The first-order valence-electron chi connectivity index (χ1n) is 38.1. The third-order valence-corrected chi connectivity index (χ3v) is 17.2. The highest BCUT2D eigenvalue weighted by Gasteiger charge is 2.30. The van der Waals surface area contributed by atoms with Crippen LogP contribution in [-0.2, 0) is 65.4 Å². The third kappa shape index (κ3) is 71.3. The van der Waals surface area contributed by atoms with Crippen LogP contribution in [-0.4, -0.2) is 96.7 Å². The number of unbranched alkanes of at least 4 members (excludes halogenated alkanes) is 20. The summed E-state index contributed by atoms with van der Waals surface area (Å²) in [5, 5.41) is 10.6. The molecule has 0 aliphatic heterocycles. The summed E-state index contributed by atoms with van der Waals surface area (Å²) in [7, 11) is -9.99. The van der Waals surface area contributed by atoms with Gasteiger partial charge in [0.25, 0.3) is 0 Å². The Hall–Kier alpha value is -5.06. The van der Waals surface area contributed by atoms with Crippen LogP contribution in [0.2, 0.25) is 0 Å². The molecule has 0 amide bonds. The van der Waals surface area contributed by atoms with Gasteiger partial charge >= 0.3 is 39.5 Å². The van der Waals surface area contributed by atoms with Crippen molar-refractivity contribution >= 4 is 39.5 Å². The third-order valence-electron chi connectivity index (χ3n) is 15.3. The second kappa shape index (κ2) is 72.3. The van der Waals surface area contributed by atoms with Crippen molar-refractivity contribution in [2.24, 2.45) is 0 Å². The standard InChI is InChI=1S/C81H134O17P2/c1-5-9-13-17-21-25-29-32-35-37-40-43-47-50-54-58-62-66-79(84)92-72-77(98-81(86)68-64-60-56-52-48-44-41-38-36-33-30-26-22-18-14-10-6-2)74-96-100(89,90)94-70-75(82)69-93-99(87,88)95-73-76(97-80(85)67-63-59-55-51-45-28-24-20-16-12-8-4)71-91-78(83)65-61-57-53-49-46-42-39-34-31-27-23-19-15-11-7-3/h9-10,13-14,20-27,32-36,39-41,43-44,50,54,75-77,82H,5-8,11-12,15-19,28-31,37-38,42,45-49,51-53,55-74H2,1-4H3,(H,87,88)(H,89,90)/b13-9-,14-10-,24-20-,25-21-,26-22-,27-23-,35-32-,36-33-,39-34-,43-40-,44-41-,54-50-. The van der Waals surface area contributed by atoms with Gasteiger partial charge in [0.15, 0.2) is 12.2 Å². The Morgan fingerprint density at radius 1 is 0.290 bits per heavy atom. The Bertz CT molecular complexity index is 2470. The number of ether oxygens (including phenoxy) is 4. The number of aliphatic hydroxyl groups excluding tert-OH is 1. The molecule has 0 heterocycles. The largest absolute Gasteiger partial charge is 0.472 e. The van der Waals surface area contributed by atoms with Crippen molar-refractivity contribution in [3.05, 3.63) is 146 Å². The van der Waals surface area contributed by atoms with Crippen LogP contribution in [0.3, 0.4) is 0 Å². The van der Waals surface area contributed by atoms with Crippen molar-refractivity contribution in [3.63, 3.8) is 0 Å². The summed E-state index contributed by atoms with van der Waals surface area (Å²) < 4.78 is 68.4. The second-order valence-corrected chi connectivity index (χ2v) is 27.7. The lowest BCUT2D eigenvalue weighted by Gasteiger charge is -2.21. The fourth-order valence-corrected chi connectivity index (χ4v) is 11.1. The van der Waals surface area contributed by atoms with Gasteiger partial charge in [-0.3, -0.25) is 37.3 Å². The molecule has 0 spiro atoms. The smallest absolute Gasteiger partial charge is 0.462 e. The van der Waals surface area contributed by atoms with Gasteiger partial charge in [0, 0.05) is 25.7 Å². The molecular weight excluding hydrogens is 1310 g/mol. The monoisotopic (exact) mass is 1440 g/mol. The van der Waals surface area contributed by atoms with E-state index in [4.69, 9.17) is 37.0 Å². The Balaban J connectivity index is 5.44. The minimum atomic E-state index is -5.00. The van der Waals surface area contributed by atoms with Crippen molar-refractivity contribution in [1.29, 1.82) is 0 Å². The summed E-state index contributed by atoms with van der Waals surface area (Å²) >= 11 is 0.